The Morgan fingerprint density at radius 2 is 1.65 bits per heavy atom. The molecule has 0 saturated carbocycles. The molecule has 6 nitrogen and oxygen atoms in total. The van der Waals surface area contributed by atoms with Crippen LogP contribution >= 0.6 is 11.6 Å². The molecule has 0 unspecified atom stereocenters. The second kappa shape index (κ2) is 9.00. The van der Waals surface area contributed by atoms with Gasteiger partial charge in [-0.1, -0.05) is 54.1 Å². The Kier molecular flexibility index (Phi) is 5.51. The molecule has 3 aliphatic heterocycles. The molecule has 0 bridgehead atoms. The van der Waals surface area contributed by atoms with E-state index in [4.69, 9.17) is 11.6 Å². The van der Waals surface area contributed by atoms with Crippen LogP contribution in [-0.2, 0) is 10.2 Å². The van der Waals surface area contributed by atoms with Crippen LogP contribution in [0.25, 0.3) is 5.57 Å². The van der Waals surface area contributed by atoms with E-state index in [-0.39, 0.29) is 17.5 Å². The third-order valence-electron chi connectivity index (χ3n) is 8.51. The number of carbonyl (C=O) groups excluding carboxylic acids is 3. The average molecular weight is 546 g/mol. The zero-order valence-electron chi connectivity index (χ0n) is 21.5. The summed E-state index contributed by atoms with van der Waals surface area (Å²) in [5.74, 6) is -1.88. The molecule has 3 aromatic carbocycles. The molecule has 7 rings (SSSR count). The lowest BCUT2D eigenvalue weighted by molar-refractivity contribution is -0.121. The SMILES string of the molecule is CC1=C[C@H]2N(c3ccccc31)[C@@H](C(=O)c1ccc(Cl)cc1)[C@@H](C(=O)c1cccnc1)[C@@]21C(=O)Nc2ccccc21. The number of hydrogen-bond acceptors (Lipinski definition) is 5. The molecule has 1 spiro atoms. The Morgan fingerprint density at radius 3 is 2.42 bits per heavy atom. The quantitative estimate of drug-likeness (QED) is 0.319. The summed E-state index contributed by atoms with van der Waals surface area (Å²) >= 11 is 6.16. The van der Waals surface area contributed by atoms with Crippen molar-refractivity contribution < 1.29 is 14.4 Å². The largest absolute Gasteiger partial charge is 0.352 e. The van der Waals surface area contributed by atoms with E-state index >= 15 is 0 Å². The van der Waals surface area contributed by atoms with E-state index in [0.717, 1.165) is 16.8 Å². The maximum atomic E-state index is 14.7. The zero-order valence-corrected chi connectivity index (χ0v) is 22.3. The van der Waals surface area contributed by atoms with Crippen molar-refractivity contribution in [3.63, 3.8) is 0 Å². The third-order valence-corrected chi connectivity index (χ3v) is 8.76. The normalized spacial score (nSPS) is 24.1. The van der Waals surface area contributed by atoms with Crippen molar-refractivity contribution in [2.75, 3.05) is 10.2 Å². The lowest BCUT2D eigenvalue weighted by Gasteiger charge is -2.39. The molecular formula is C33H24ClN3O3. The molecule has 0 aliphatic carbocycles. The first-order valence-electron chi connectivity index (χ1n) is 13.1. The number of nitrogens with zero attached hydrogens (tertiary/aromatic N) is 2. The molecule has 7 heteroatoms. The number of para-hydroxylation sites is 2. The Bertz CT molecular complexity index is 1730. The number of fused-ring (bicyclic) bond motifs is 6. The van der Waals surface area contributed by atoms with Gasteiger partial charge in [-0.2, -0.15) is 0 Å². The maximum Gasteiger partial charge on any atom is 0.238 e. The minimum atomic E-state index is -1.36. The highest BCUT2D eigenvalue weighted by Gasteiger charge is 2.70. The summed E-state index contributed by atoms with van der Waals surface area (Å²) in [5, 5.41) is 3.56. The smallest absolute Gasteiger partial charge is 0.238 e. The van der Waals surface area contributed by atoms with Crippen molar-refractivity contribution >= 4 is 46.0 Å². The number of aromatic nitrogens is 1. The molecule has 4 aromatic rings. The highest BCUT2D eigenvalue weighted by molar-refractivity contribution is 6.30. The number of benzene rings is 3. The van der Waals surface area contributed by atoms with Crippen LogP contribution in [0, 0.1) is 5.92 Å². The third kappa shape index (κ3) is 3.29. The van der Waals surface area contributed by atoms with Crippen molar-refractivity contribution in [3.05, 3.63) is 131 Å². The molecule has 1 amide bonds. The molecule has 4 atom stereocenters. The number of hydrogen-bond donors (Lipinski definition) is 1. The van der Waals surface area contributed by atoms with Gasteiger partial charge in [0.25, 0.3) is 0 Å². The van der Waals surface area contributed by atoms with Crippen molar-refractivity contribution in [1.82, 2.24) is 4.98 Å². The summed E-state index contributed by atoms with van der Waals surface area (Å²) in [7, 11) is 0. The summed E-state index contributed by atoms with van der Waals surface area (Å²) in [5.41, 5.74) is 3.55. The van der Waals surface area contributed by atoms with E-state index in [0.29, 0.717) is 27.4 Å². The molecule has 4 heterocycles. The van der Waals surface area contributed by atoms with Crippen molar-refractivity contribution in [2.45, 2.75) is 24.4 Å². The molecule has 40 heavy (non-hydrogen) atoms. The average Bonchev–Trinajstić information content (AvgIpc) is 3.45. The molecular weight excluding hydrogens is 522 g/mol. The van der Waals surface area contributed by atoms with Gasteiger partial charge in [0, 0.05) is 45.5 Å². The lowest BCUT2D eigenvalue weighted by atomic mass is 9.64. The van der Waals surface area contributed by atoms with E-state index in [1.165, 1.54) is 6.20 Å². The Hall–Kier alpha value is -4.55. The molecule has 196 valence electrons. The van der Waals surface area contributed by atoms with Gasteiger partial charge < -0.3 is 10.2 Å². The van der Waals surface area contributed by atoms with Crippen LogP contribution in [0.3, 0.4) is 0 Å². The highest BCUT2D eigenvalue weighted by atomic mass is 35.5. The Morgan fingerprint density at radius 1 is 0.900 bits per heavy atom. The fourth-order valence-corrected chi connectivity index (χ4v) is 6.99. The standard InChI is InChI=1S/C33H24ClN3O3/c1-19-17-27-33(24-9-3-4-10-25(24)36-32(33)40)28(30(38)21-7-6-16-35-18-21)29(31(39)20-12-14-22(34)15-13-20)37(27)26-11-5-2-8-23(19)26/h2-18,27-29H,1H3,(H,36,40)/t27-,28+,29-,33+/m1/s1. The van der Waals surface area contributed by atoms with Gasteiger partial charge in [0.15, 0.2) is 11.6 Å². The van der Waals surface area contributed by atoms with Crippen molar-refractivity contribution in [1.29, 1.82) is 0 Å². The number of pyridine rings is 1. The van der Waals surface area contributed by atoms with Gasteiger partial charge in [-0.3, -0.25) is 19.4 Å². The fraction of sp³-hybridized carbons (Fsp3) is 0.152. The number of nitrogens with one attached hydrogen (secondary N) is 1. The lowest BCUT2D eigenvalue weighted by Crippen LogP contribution is -2.51. The van der Waals surface area contributed by atoms with Crippen molar-refractivity contribution in [3.8, 4) is 0 Å². The number of ketones is 2. The predicted octanol–water partition coefficient (Wildman–Crippen LogP) is 5.98. The van der Waals surface area contributed by atoms with Crippen LogP contribution in [-0.4, -0.2) is 34.5 Å². The van der Waals surface area contributed by atoms with E-state index in [1.807, 2.05) is 66.4 Å². The van der Waals surface area contributed by atoms with Crippen LogP contribution in [0.5, 0.6) is 0 Å². The van der Waals surface area contributed by atoms with Crippen LogP contribution in [0.15, 0.2) is 103 Å². The summed E-state index contributed by atoms with van der Waals surface area (Å²) in [6.45, 7) is 2.01. The summed E-state index contributed by atoms with van der Waals surface area (Å²) < 4.78 is 0. The minimum absolute atomic E-state index is 0.249. The molecule has 0 radical (unpaired) electrons. The number of rotatable bonds is 4. The predicted molar refractivity (Wildman–Crippen MR) is 155 cm³/mol. The Labute approximate surface area is 236 Å². The van der Waals surface area contributed by atoms with Gasteiger partial charge in [0.1, 0.15) is 11.5 Å². The molecule has 3 aliphatic rings. The number of Topliss-reactive ketones (excluding diaryl/α,β-unsaturated/α-hetero) is 2. The highest BCUT2D eigenvalue weighted by Crippen LogP contribution is 2.58. The van der Waals surface area contributed by atoms with E-state index < -0.39 is 23.4 Å². The van der Waals surface area contributed by atoms with E-state index in [2.05, 4.69) is 10.3 Å². The molecule has 1 saturated heterocycles. The van der Waals surface area contributed by atoms with E-state index in [9.17, 15) is 14.4 Å². The molecule has 1 aromatic heterocycles. The van der Waals surface area contributed by atoms with Crippen LogP contribution in [0.2, 0.25) is 5.02 Å². The number of carbonyl (C=O) groups is 3. The molecule has 1 fully saturated rings. The first-order chi connectivity index (χ1) is 19.4. The van der Waals surface area contributed by atoms with Gasteiger partial charge in [-0.05, 0) is 66.6 Å². The fourth-order valence-electron chi connectivity index (χ4n) is 6.86. The second-order valence-electron chi connectivity index (χ2n) is 10.5. The minimum Gasteiger partial charge on any atom is -0.352 e. The first-order valence-corrected chi connectivity index (χ1v) is 13.5. The topological polar surface area (TPSA) is 79.4 Å². The monoisotopic (exact) mass is 545 g/mol. The number of amides is 1. The Balaban J connectivity index is 1.56. The summed E-state index contributed by atoms with van der Waals surface area (Å²) in [6.07, 6.45) is 5.15. The number of anilines is 2. The van der Waals surface area contributed by atoms with Crippen molar-refractivity contribution in [2.24, 2.45) is 5.92 Å². The van der Waals surface area contributed by atoms with Gasteiger partial charge in [0.05, 0.1) is 12.0 Å². The number of allylic oxidation sites excluding steroid dienone is 1. The van der Waals surface area contributed by atoms with E-state index in [1.54, 1.807) is 42.6 Å². The van der Waals surface area contributed by atoms with Crippen LogP contribution in [0.1, 0.15) is 38.8 Å². The van der Waals surface area contributed by atoms with Gasteiger partial charge >= 0.3 is 0 Å². The number of halogens is 1. The second-order valence-corrected chi connectivity index (χ2v) is 10.9. The van der Waals surface area contributed by atoms with Gasteiger partial charge in [-0.25, -0.2) is 0 Å². The van der Waals surface area contributed by atoms with Gasteiger partial charge in [0.2, 0.25) is 5.91 Å². The summed E-state index contributed by atoms with van der Waals surface area (Å²) in [6, 6.07) is 23.8. The van der Waals surface area contributed by atoms with Crippen LogP contribution in [0.4, 0.5) is 11.4 Å². The van der Waals surface area contributed by atoms with Gasteiger partial charge in [-0.15, -0.1) is 0 Å². The first kappa shape index (κ1) is 24.5. The molecule has 1 N–H and O–H groups in total. The summed E-state index contributed by atoms with van der Waals surface area (Å²) in [4.78, 5) is 49.8. The zero-order chi connectivity index (χ0) is 27.6. The maximum absolute atomic E-state index is 14.7. The van der Waals surface area contributed by atoms with Crippen LogP contribution < -0.4 is 10.2 Å².